The highest BCUT2D eigenvalue weighted by Crippen LogP contribution is 2.19. The molecule has 4 aromatic rings. The number of carbonyl (C=O) groups excluding carboxylic acids is 2. The largest absolute Gasteiger partial charge is 0.468 e. The fourth-order valence-electron chi connectivity index (χ4n) is 3.28. The van der Waals surface area contributed by atoms with Crippen LogP contribution in [0.5, 0.6) is 0 Å². The SMILES string of the molecule is COC(=O)Cn1c(=NC(=O)Cc2ccc3ccccc3c2)sc2cc(C)ccc21. The third-order valence-corrected chi connectivity index (χ3v) is 5.78. The number of rotatable bonds is 4. The van der Waals surface area contributed by atoms with Crippen molar-refractivity contribution in [1.29, 1.82) is 0 Å². The van der Waals surface area contributed by atoms with E-state index in [0.717, 1.165) is 32.1 Å². The third-order valence-electron chi connectivity index (χ3n) is 4.74. The molecule has 0 radical (unpaired) electrons. The third kappa shape index (κ3) is 4.12. The molecule has 0 unspecified atom stereocenters. The standard InChI is InChI=1S/C23H20N2O3S/c1-15-7-10-19-20(11-15)29-23(25(19)14-22(27)28-2)24-21(26)13-16-8-9-17-5-3-4-6-18(17)12-16/h3-12H,13-14H2,1-2H3. The number of ether oxygens (including phenoxy) is 1. The van der Waals surface area contributed by atoms with Gasteiger partial charge in [0.2, 0.25) is 0 Å². The second-order valence-electron chi connectivity index (χ2n) is 6.88. The van der Waals surface area contributed by atoms with Gasteiger partial charge in [0.05, 0.1) is 23.7 Å². The number of hydrogen-bond acceptors (Lipinski definition) is 4. The lowest BCUT2D eigenvalue weighted by molar-refractivity contribution is -0.141. The van der Waals surface area contributed by atoms with Gasteiger partial charge in [0, 0.05) is 0 Å². The van der Waals surface area contributed by atoms with Crippen LogP contribution in [0.25, 0.3) is 21.0 Å². The van der Waals surface area contributed by atoms with Crippen molar-refractivity contribution in [3.8, 4) is 0 Å². The molecule has 0 atom stereocenters. The number of carbonyl (C=O) groups is 2. The molecule has 0 fully saturated rings. The highest BCUT2D eigenvalue weighted by Gasteiger charge is 2.12. The van der Waals surface area contributed by atoms with Gasteiger partial charge in [0.25, 0.3) is 5.91 Å². The Balaban J connectivity index is 1.70. The average molecular weight is 404 g/mol. The van der Waals surface area contributed by atoms with Gasteiger partial charge in [-0.15, -0.1) is 0 Å². The van der Waals surface area contributed by atoms with E-state index in [1.165, 1.54) is 18.4 Å². The quantitative estimate of drug-likeness (QED) is 0.483. The molecule has 0 saturated heterocycles. The molecule has 29 heavy (non-hydrogen) atoms. The van der Waals surface area contributed by atoms with Gasteiger partial charge >= 0.3 is 5.97 Å². The lowest BCUT2D eigenvalue weighted by Gasteiger charge is -2.04. The van der Waals surface area contributed by atoms with Gasteiger partial charge in [-0.1, -0.05) is 59.9 Å². The van der Waals surface area contributed by atoms with Crippen LogP contribution in [-0.2, 0) is 27.3 Å². The summed E-state index contributed by atoms with van der Waals surface area (Å²) in [4.78, 5) is 29.4. The fourth-order valence-corrected chi connectivity index (χ4v) is 4.43. The molecular formula is C23H20N2O3S. The van der Waals surface area contributed by atoms with Crippen LogP contribution in [0, 0.1) is 6.92 Å². The topological polar surface area (TPSA) is 60.7 Å². The summed E-state index contributed by atoms with van der Waals surface area (Å²) in [6.45, 7) is 2.02. The van der Waals surface area contributed by atoms with E-state index >= 15 is 0 Å². The molecule has 0 aliphatic heterocycles. The van der Waals surface area contributed by atoms with Crippen LogP contribution in [0.2, 0.25) is 0 Å². The zero-order chi connectivity index (χ0) is 20.4. The summed E-state index contributed by atoms with van der Waals surface area (Å²) in [6.07, 6.45) is 0.205. The second-order valence-corrected chi connectivity index (χ2v) is 7.89. The molecule has 0 aliphatic carbocycles. The van der Waals surface area contributed by atoms with Crippen LogP contribution in [0.4, 0.5) is 0 Å². The van der Waals surface area contributed by atoms with Crippen molar-refractivity contribution >= 4 is 44.2 Å². The Morgan fingerprint density at radius 2 is 1.83 bits per heavy atom. The predicted octanol–water partition coefficient (Wildman–Crippen LogP) is 4.01. The Bertz CT molecular complexity index is 1300. The van der Waals surface area contributed by atoms with E-state index in [1.807, 2.05) is 67.6 Å². The van der Waals surface area contributed by atoms with Gasteiger partial charge in [-0.25, -0.2) is 0 Å². The summed E-state index contributed by atoms with van der Waals surface area (Å²) in [5.74, 6) is -0.629. The summed E-state index contributed by atoms with van der Waals surface area (Å²) in [5.41, 5.74) is 2.88. The zero-order valence-electron chi connectivity index (χ0n) is 16.2. The van der Waals surface area contributed by atoms with Gasteiger partial charge in [-0.2, -0.15) is 4.99 Å². The molecule has 1 aromatic heterocycles. The number of nitrogens with zero attached hydrogens (tertiary/aromatic N) is 2. The van der Waals surface area contributed by atoms with Crippen molar-refractivity contribution in [3.05, 3.63) is 76.6 Å². The lowest BCUT2D eigenvalue weighted by atomic mass is 10.1. The van der Waals surface area contributed by atoms with Crippen LogP contribution < -0.4 is 4.80 Å². The number of aromatic nitrogens is 1. The summed E-state index contributed by atoms with van der Waals surface area (Å²) in [7, 11) is 1.35. The minimum atomic E-state index is -0.381. The Morgan fingerprint density at radius 1 is 1.03 bits per heavy atom. The zero-order valence-corrected chi connectivity index (χ0v) is 17.0. The molecular weight excluding hydrogens is 384 g/mol. The number of hydrogen-bond donors (Lipinski definition) is 0. The van der Waals surface area contributed by atoms with Crippen molar-refractivity contribution in [2.75, 3.05) is 7.11 Å². The number of fused-ring (bicyclic) bond motifs is 2. The van der Waals surface area contributed by atoms with Crippen molar-refractivity contribution in [3.63, 3.8) is 0 Å². The maximum absolute atomic E-state index is 12.7. The Morgan fingerprint density at radius 3 is 2.62 bits per heavy atom. The molecule has 0 bridgehead atoms. The molecule has 146 valence electrons. The lowest BCUT2D eigenvalue weighted by Crippen LogP contribution is -2.22. The monoisotopic (exact) mass is 404 g/mol. The number of benzene rings is 3. The van der Waals surface area contributed by atoms with Gasteiger partial charge in [0.1, 0.15) is 6.54 Å². The first-order valence-corrected chi connectivity index (χ1v) is 10.1. The van der Waals surface area contributed by atoms with E-state index in [4.69, 9.17) is 4.74 Å². The maximum Gasteiger partial charge on any atom is 0.325 e. The molecule has 1 heterocycles. The van der Waals surface area contributed by atoms with Crippen molar-refractivity contribution in [2.24, 2.45) is 4.99 Å². The van der Waals surface area contributed by atoms with Gasteiger partial charge < -0.3 is 9.30 Å². The normalized spacial score (nSPS) is 11.9. The number of esters is 1. The fraction of sp³-hybridized carbons (Fsp3) is 0.174. The molecule has 6 heteroatoms. The summed E-state index contributed by atoms with van der Waals surface area (Å²) < 4.78 is 7.53. The number of amides is 1. The Kier molecular flexibility index (Phi) is 5.27. The number of methoxy groups -OCH3 is 1. The minimum absolute atomic E-state index is 0.0155. The molecule has 3 aromatic carbocycles. The minimum Gasteiger partial charge on any atom is -0.468 e. The predicted molar refractivity (Wildman–Crippen MR) is 115 cm³/mol. The van der Waals surface area contributed by atoms with E-state index in [0.29, 0.717) is 4.80 Å². The second kappa shape index (κ2) is 8.01. The Hall–Kier alpha value is -3.25. The first-order chi connectivity index (χ1) is 14.0. The molecule has 0 aliphatic rings. The van der Waals surface area contributed by atoms with Crippen molar-refractivity contribution < 1.29 is 14.3 Å². The molecule has 0 N–H and O–H groups in total. The molecule has 4 rings (SSSR count). The van der Waals surface area contributed by atoms with E-state index in [9.17, 15) is 9.59 Å². The summed E-state index contributed by atoms with van der Waals surface area (Å²) in [5, 5.41) is 2.23. The van der Waals surface area contributed by atoms with Crippen LogP contribution >= 0.6 is 11.3 Å². The molecule has 5 nitrogen and oxygen atoms in total. The maximum atomic E-state index is 12.7. The van der Waals surface area contributed by atoms with Crippen LogP contribution in [-0.4, -0.2) is 23.6 Å². The van der Waals surface area contributed by atoms with Crippen molar-refractivity contribution in [2.45, 2.75) is 19.9 Å². The molecule has 0 spiro atoms. The van der Waals surface area contributed by atoms with Gasteiger partial charge in [-0.05, 0) is 41.0 Å². The summed E-state index contributed by atoms with van der Waals surface area (Å²) >= 11 is 1.40. The van der Waals surface area contributed by atoms with E-state index < -0.39 is 0 Å². The van der Waals surface area contributed by atoms with Crippen LogP contribution in [0.3, 0.4) is 0 Å². The Labute approximate surface area is 171 Å². The van der Waals surface area contributed by atoms with Crippen molar-refractivity contribution in [1.82, 2.24) is 4.57 Å². The van der Waals surface area contributed by atoms with E-state index in [-0.39, 0.29) is 24.8 Å². The average Bonchev–Trinajstić information content (AvgIpc) is 3.03. The highest BCUT2D eigenvalue weighted by molar-refractivity contribution is 7.16. The van der Waals surface area contributed by atoms with Crippen LogP contribution in [0.15, 0.2) is 65.7 Å². The number of thiazole rings is 1. The van der Waals surface area contributed by atoms with Gasteiger partial charge in [0.15, 0.2) is 4.80 Å². The first kappa shape index (κ1) is 19.1. The summed E-state index contributed by atoms with van der Waals surface area (Å²) in [6, 6.07) is 20.0. The van der Waals surface area contributed by atoms with Gasteiger partial charge in [-0.3, -0.25) is 9.59 Å². The smallest absolute Gasteiger partial charge is 0.325 e. The highest BCUT2D eigenvalue weighted by atomic mass is 32.1. The number of aryl methyl sites for hydroxylation is 1. The van der Waals surface area contributed by atoms with E-state index in [1.54, 1.807) is 4.57 Å². The first-order valence-electron chi connectivity index (χ1n) is 9.25. The molecule has 0 saturated carbocycles. The molecule has 1 amide bonds. The van der Waals surface area contributed by atoms with E-state index in [2.05, 4.69) is 4.99 Å². The van der Waals surface area contributed by atoms with Crippen LogP contribution in [0.1, 0.15) is 11.1 Å².